The maximum Gasteiger partial charge on any atom is 0.296 e. The van der Waals surface area contributed by atoms with Gasteiger partial charge >= 0.3 is 0 Å². The van der Waals surface area contributed by atoms with Gasteiger partial charge in [0.2, 0.25) is 10.0 Å². The highest BCUT2D eigenvalue weighted by molar-refractivity contribution is 7.89. The van der Waals surface area contributed by atoms with Crippen molar-refractivity contribution in [3.63, 3.8) is 0 Å². The van der Waals surface area contributed by atoms with Crippen molar-refractivity contribution in [2.75, 3.05) is 26.0 Å². The Morgan fingerprint density at radius 3 is 2.37 bits per heavy atom. The van der Waals surface area contributed by atoms with Crippen LogP contribution in [0.1, 0.15) is 21.5 Å². The first-order chi connectivity index (χ1) is 12.8. The number of fused-ring (bicyclic) bond motifs is 3. The summed E-state index contributed by atoms with van der Waals surface area (Å²) < 4.78 is 25.7. The molecule has 27 heavy (non-hydrogen) atoms. The van der Waals surface area contributed by atoms with Gasteiger partial charge in [-0.05, 0) is 53.4 Å². The summed E-state index contributed by atoms with van der Waals surface area (Å²) in [5.74, 6) is -1.14. The number of rotatable bonds is 3. The zero-order chi connectivity index (χ0) is 19.3. The van der Waals surface area contributed by atoms with E-state index >= 15 is 0 Å². The molecule has 8 heteroatoms. The molecule has 2 heterocycles. The number of amides is 1. The van der Waals surface area contributed by atoms with Gasteiger partial charge in [0.15, 0.2) is 0 Å². The minimum absolute atomic E-state index is 0.209. The summed E-state index contributed by atoms with van der Waals surface area (Å²) in [6, 6.07) is 8.37. The maximum atomic E-state index is 12.3. The molecule has 2 aromatic carbocycles. The minimum Gasteiger partial charge on any atom is -0.318 e. The largest absolute Gasteiger partial charge is 0.318 e. The molecule has 0 spiro atoms. The van der Waals surface area contributed by atoms with Gasteiger partial charge in [0.05, 0.1) is 16.1 Å². The lowest BCUT2D eigenvalue weighted by atomic mass is 9.88. The zero-order valence-electron chi connectivity index (χ0n) is 15.0. The van der Waals surface area contributed by atoms with E-state index in [1.165, 1.54) is 18.4 Å². The molecule has 0 saturated carbocycles. The molecule has 2 aromatic rings. The predicted octanol–water partition coefficient (Wildman–Crippen LogP) is 1.38. The van der Waals surface area contributed by atoms with Gasteiger partial charge in [-0.15, -0.1) is 0 Å². The molecule has 2 N–H and O–H groups in total. The number of carbonyl (C=O) groups is 2. The third-order valence-corrected chi connectivity index (χ3v) is 6.87. The molecule has 0 fully saturated rings. The molecule has 4 rings (SSSR count). The number of hydrogen-bond donors (Lipinski definition) is 2. The number of nitrogens with one attached hydrogen (secondary N) is 2. The molecular weight excluding hydrogens is 366 g/mol. The second-order valence-corrected chi connectivity index (χ2v) is 8.98. The van der Waals surface area contributed by atoms with Crippen molar-refractivity contribution in [2.24, 2.45) is 0 Å². The summed E-state index contributed by atoms with van der Waals surface area (Å²) in [5, 5.41) is 5.96. The van der Waals surface area contributed by atoms with Gasteiger partial charge < -0.3 is 10.6 Å². The molecule has 0 atom stereocenters. The van der Waals surface area contributed by atoms with Gasteiger partial charge in [0, 0.05) is 20.6 Å². The van der Waals surface area contributed by atoms with Crippen molar-refractivity contribution in [2.45, 2.75) is 17.9 Å². The standard InChI is InChI=1S/C19H19N3O4S/c1-22(2)27(25,26)12-5-3-11(4-6-12)14-9-15-17(21-19(24)18(15)23)16-10-20-8-7-13(14)16/h3-6,9,20H,7-8,10H2,1-2H3,(H,21,23,24). The highest BCUT2D eigenvalue weighted by Gasteiger charge is 2.33. The molecule has 2 aliphatic heterocycles. The summed E-state index contributed by atoms with van der Waals surface area (Å²) in [4.78, 5) is 24.2. The predicted molar refractivity (Wildman–Crippen MR) is 101 cm³/mol. The topological polar surface area (TPSA) is 95.6 Å². The normalized spacial score (nSPS) is 16.3. The van der Waals surface area contributed by atoms with E-state index in [0.29, 0.717) is 17.8 Å². The lowest BCUT2D eigenvalue weighted by Crippen LogP contribution is -2.25. The quantitative estimate of drug-likeness (QED) is 0.779. The van der Waals surface area contributed by atoms with E-state index in [1.54, 1.807) is 30.3 Å². The molecular formula is C19H19N3O4S. The summed E-state index contributed by atoms with van der Waals surface area (Å²) in [6.07, 6.45) is 0.764. The Labute approximate surface area is 157 Å². The third-order valence-electron chi connectivity index (χ3n) is 5.04. The van der Waals surface area contributed by atoms with Crippen molar-refractivity contribution in [3.8, 4) is 11.1 Å². The van der Waals surface area contributed by atoms with Crippen LogP contribution in [0.15, 0.2) is 35.2 Å². The van der Waals surface area contributed by atoms with Crippen LogP contribution in [-0.2, 0) is 27.8 Å². The number of hydrogen-bond acceptors (Lipinski definition) is 5. The van der Waals surface area contributed by atoms with Crippen molar-refractivity contribution in [1.82, 2.24) is 9.62 Å². The fourth-order valence-electron chi connectivity index (χ4n) is 3.58. The fraction of sp³-hybridized carbons (Fsp3) is 0.263. The molecule has 0 radical (unpaired) electrons. The van der Waals surface area contributed by atoms with E-state index < -0.39 is 21.7 Å². The highest BCUT2D eigenvalue weighted by Crippen LogP contribution is 2.38. The molecule has 0 unspecified atom stereocenters. The first kappa shape index (κ1) is 17.8. The molecule has 7 nitrogen and oxygen atoms in total. The SMILES string of the molecule is CN(C)S(=O)(=O)c1ccc(-c2cc3c(c4c2CCNC4)NC(=O)C3=O)cc1. The van der Waals surface area contributed by atoms with Gasteiger partial charge in [0.1, 0.15) is 0 Å². The van der Waals surface area contributed by atoms with Gasteiger partial charge in [-0.1, -0.05) is 12.1 Å². The summed E-state index contributed by atoms with van der Waals surface area (Å²) in [6.45, 7) is 1.37. The second-order valence-electron chi connectivity index (χ2n) is 6.83. The number of nitrogens with zero attached hydrogens (tertiary/aromatic N) is 1. The van der Waals surface area contributed by atoms with Crippen molar-refractivity contribution in [1.29, 1.82) is 0 Å². The van der Waals surface area contributed by atoms with E-state index in [4.69, 9.17) is 0 Å². The van der Waals surface area contributed by atoms with Crippen molar-refractivity contribution < 1.29 is 18.0 Å². The fourth-order valence-corrected chi connectivity index (χ4v) is 4.48. The lowest BCUT2D eigenvalue weighted by Gasteiger charge is -2.23. The Morgan fingerprint density at radius 1 is 1.00 bits per heavy atom. The van der Waals surface area contributed by atoms with Crippen LogP contribution in [0.3, 0.4) is 0 Å². The average molecular weight is 385 g/mol. The molecule has 0 bridgehead atoms. The number of benzene rings is 2. The maximum absolute atomic E-state index is 12.3. The van der Waals surface area contributed by atoms with Crippen molar-refractivity contribution in [3.05, 3.63) is 47.0 Å². The summed E-state index contributed by atoms with van der Waals surface area (Å²) >= 11 is 0. The van der Waals surface area contributed by atoms with Crippen LogP contribution in [0.2, 0.25) is 0 Å². The van der Waals surface area contributed by atoms with Crippen LogP contribution in [0.5, 0.6) is 0 Å². The highest BCUT2D eigenvalue weighted by atomic mass is 32.2. The first-order valence-corrected chi connectivity index (χ1v) is 10.0. The molecule has 0 aromatic heterocycles. The first-order valence-electron chi connectivity index (χ1n) is 8.59. The van der Waals surface area contributed by atoms with E-state index in [1.807, 2.05) is 0 Å². The van der Waals surface area contributed by atoms with Gasteiger partial charge in [-0.2, -0.15) is 0 Å². The number of ketones is 1. The number of anilines is 1. The van der Waals surface area contributed by atoms with Crippen LogP contribution in [-0.4, -0.2) is 45.1 Å². The molecule has 0 aliphatic carbocycles. The molecule has 2 aliphatic rings. The number of Topliss-reactive ketones (excluding diaryl/α,β-unsaturated/α-hetero) is 1. The Bertz CT molecular complexity index is 1070. The van der Waals surface area contributed by atoms with Crippen LogP contribution >= 0.6 is 0 Å². The van der Waals surface area contributed by atoms with E-state index in [-0.39, 0.29) is 4.90 Å². The Hall–Kier alpha value is -2.55. The number of sulfonamides is 1. The van der Waals surface area contributed by atoms with Crippen LogP contribution in [0, 0.1) is 0 Å². The minimum atomic E-state index is -3.50. The van der Waals surface area contributed by atoms with Gasteiger partial charge in [0.25, 0.3) is 11.7 Å². The van der Waals surface area contributed by atoms with Crippen LogP contribution < -0.4 is 10.6 Å². The average Bonchev–Trinajstić information content (AvgIpc) is 2.95. The van der Waals surface area contributed by atoms with Crippen LogP contribution in [0.4, 0.5) is 5.69 Å². The van der Waals surface area contributed by atoms with Gasteiger partial charge in [-0.3, -0.25) is 9.59 Å². The summed E-state index contributed by atoms with van der Waals surface area (Å²) in [7, 11) is -0.527. The van der Waals surface area contributed by atoms with Gasteiger partial charge in [-0.25, -0.2) is 12.7 Å². The van der Waals surface area contributed by atoms with Crippen LogP contribution in [0.25, 0.3) is 11.1 Å². The molecule has 140 valence electrons. The van der Waals surface area contributed by atoms with Crippen molar-refractivity contribution >= 4 is 27.4 Å². The van der Waals surface area contributed by atoms with E-state index in [9.17, 15) is 18.0 Å². The zero-order valence-corrected chi connectivity index (χ0v) is 15.8. The smallest absolute Gasteiger partial charge is 0.296 e. The molecule has 0 saturated heterocycles. The Kier molecular flexibility index (Phi) is 4.14. The monoisotopic (exact) mass is 385 g/mol. The van der Waals surface area contributed by atoms with E-state index in [2.05, 4.69) is 10.6 Å². The lowest BCUT2D eigenvalue weighted by molar-refractivity contribution is -0.112. The third kappa shape index (κ3) is 2.77. The summed E-state index contributed by atoms with van der Waals surface area (Å²) in [5.41, 5.74) is 4.67. The second kappa shape index (κ2) is 6.26. The molecule has 1 amide bonds. The number of carbonyl (C=O) groups excluding carboxylic acids is 2. The van der Waals surface area contributed by atoms with E-state index in [0.717, 1.165) is 35.2 Å². The Balaban J connectivity index is 1.86. The Morgan fingerprint density at radius 2 is 1.70 bits per heavy atom.